The first-order valence-electron chi connectivity index (χ1n) is 8.21. The molecule has 0 saturated heterocycles. The molecular weight excluding hydrogens is 310 g/mol. The molecule has 2 N–H and O–H groups in total. The van der Waals surface area contributed by atoms with E-state index in [0.717, 1.165) is 33.2 Å². The van der Waals surface area contributed by atoms with Crippen molar-refractivity contribution in [1.29, 1.82) is 0 Å². The number of nitrogens with zero attached hydrogens (tertiary/aromatic N) is 2. The van der Waals surface area contributed by atoms with Gasteiger partial charge in [-0.15, -0.1) is 0 Å². The van der Waals surface area contributed by atoms with Gasteiger partial charge in [0.25, 0.3) is 5.91 Å². The van der Waals surface area contributed by atoms with Gasteiger partial charge >= 0.3 is 0 Å². The molecule has 0 bridgehead atoms. The van der Waals surface area contributed by atoms with Crippen molar-refractivity contribution < 1.29 is 4.79 Å². The second-order valence-corrected chi connectivity index (χ2v) is 6.26. The van der Waals surface area contributed by atoms with Crippen molar-refractivity contribution in [3.05, 3.63) is 89.6 Å². The first-order chi connectivity index (χ1) is 12.3. The lowest BCUT2D eigenvalue weighted by Crippen LogP contribution is -2.15. The Morgan fingerprint density at radius 3 is 2.60 bits per heavy atom. The molecule has 0 radical (unpaired) electrons. The van der Waals surface area contributed by atoms with Crippen molar-refractivity contribution >= 4 is 16.8 Å². The summed E-state index contributed by atoms with van der Waals surface area (Å²) in [6.07, 6.45) is 1.72. The number of carbonyl (C=O) groups is 1. The van der Waals surface area contributed by atoms with Crippen molar-refractivity contribution in [1.82, 2.24) is 9.78 Å². The second-order valence-electron chi connectivity index (χ2n) is 6.26. The smallest absolute Gasteiger partial charge is 0.279 e. The molecule has 4 heteroatoms. The molecule has 4 nitrogen and oxygen atoms in total. The van der Waals surface area contributed by atoms with Gasteiger partial charge in [-0.3, -0.25) is 4.79 Å². The fourth-order valence-corrected chi connectivity index (χ4v) is 3.72. The highest BCUT2D eigenvalue weighted by atomic mass is 16.2. The molecule has 1 unspecified atom stereocenters. The standard InChI is InChI=1S/C21H15N3O/c22-20-15-8-3-2-7-14(15)19-16(20)9-5-10-17(19)21(25)24-18-11-4-1-6-13(18)12-23-24/h1-12,20H,22H2. The molecule has 4 aromatic rings. The molecule has 3 aromatic carbocycles. The Hall–Kier alpha value is -3.24. The molecule has 120 valence electrons. The van der Waals surface area contributed by atoms with Crippen molar-refractivity contribution in [2.45, 2.75) is 6.04 Å². The fourth-order valence-electron chi connectivity index (χ4n) is 3.72. The lowest BCUT2D eigenvalue weighted by Gasteiger charge is -2.10. The molecule has 1 aliphatic carbocycles. The van der Waals surface area contributed by atoms with Crippen LogP contribution < -0.4 is 5.73 Å². The number of aromatic nitrogens is 2. The maximum Gasteiger partial charge on any atom is 0.279 e. The lowest BCUT2D eigenvalue weighted by molar-refractivity contribution is 0.0951. The summed E-state index contributed by atoms with van der Waals surface area (Å²) < 4.78 is 1.47. The third-order valence-corrected chi connectivity index (χ3v) is 4.90. The number of nitrogens with two attached hydrogens (primary N) is 1. The number of hydrogen-bond acceptors (Lipinski definition) is 3. The number of benzene rings is 3. The summed E-state index contributed by atoms with van der Waals surface area (Å²) in [4.78, 5) is 13.3. The average Bonchev–Trinajstić information content (AvgIpc) is 3.22. The number of rotatable bonds is 1. The Labute approximate surface area is 144 Å². The second kappa shape index (κ2) is 5.13. The van der Waals surface area contributed by atoms with Crippen LogP contribution in [-0.2, 0) is 0 Å². The molecule has 1 atom stereocenters. The minimum atomic E-state index is -0.201. The monoisotopic (exact) mass is 325 g/mol. The number of para-hydroxylation sites is 1. The molecule has 1 aromatic heterocycles. The molecule has 1 heterocycles. The van der Waals surface area contributed by atoms with Gasteiger partial charge in [0.15, 0.2) is 0 Å². The zero-order valence-corrected chi connectivity index (χ0v) is 13.4. The molecule has 0 aliphatic heterocycles. The number of carbonyl (C=O) groups excluding carboxylic acids is 1. The molecule has 0 saturated carbocycles. The predicted molar refractivity (Wildman–Crippen MR) is 97.4 cm³/mol. The van der Waals surface area contributed by atoms with Crippen LogP contribution in [0.1, 0.15) is 27.5 Å². The molecule has 5 rings (SSSR count). The SMILES string of the molecule is NC1c2ccccc2-c2c(C(=O)n3ncc4ccccc43)cccc21. The van der Waals surface area contributed by atoms with E-state index < -0.39 is 0 Å². The van der Waals surface area contributed by atoms with E-state index in [1.807, 2.05) is 66.7 Å². The van der Waals surface area contributed by atoms with Crippen LogP contribution in [0, 0.1) is 0 Å². The topological polar surface area (TPSA) is 60.9 Å². The molecule has 25 heavy (non-hydrogen) atoms. The van der Waals surface area contributed by atoms with E-state index in [1.54, 1.807) is 6.20 Å². The van der Waals surface area contributed by atoms with Crippen LogP contribution >= 0.6 is 0 Å². The van der Waals surface area contributed by atoms with E-state index in [-0.39, 0.29) is 11.9 Å². The zero-order chi connectivity index (χ0) is 17.0. The van der Waals surface area contributed by atoms with Crippen LogP contribution in [0.5, 0.6) is 0 Å². The highest BCUT2D eigenvalue weighted by Gasteiger charge is 2.30. The Kier molecular flexibility index (Phi) is 2.90. The minimum absolute atomic E-state index is 0.137. The zero-order valence-electron chi connectivity index (χ0n) is 13.4. The summed E-state index contributed by atoms with van der Waals surface area (Å²) in [5, 5.41) is 5.25. The van der Waals surface area contributed by atoms with Gasteiger partial charge in [0.1, 0.15) is 0 Å². The molecule has 0 fully saturated rings. The Bertz CT molecular complexity index is 1140. The van der Waals surface area contributed by atoms with Crippen LogP contribution in [0.3, 0.4) is 0 Å². The van der Waals surface area contributed by atoms with E-state index in [2.05, 4.69) is 5.10 Å². The summed E-state index contributed by atoms with van der Waals surface area (Å²) in [6.45, 7) is 0. The van der Waals surface area contributed by atoms with Gasteiger partial charge in [-0.1, -0.05) is 54.6 Å². The molecule has 0 amide bonds. The van der Waals surface area contributed by atoms with E-state index in [4.69, 9.17) is 5.73 Å². The van der Waals surface area contributed by atoms with Gasteiger partial charge < -0.3 is 5.73 Å². The van der Waals surface area contributed by atoms with Crippen molar-refractivity contribution in [2.24, 2.45) is 5.73 Å². The average molecular weight is 325 g/mol. The fraction of sp³-hybridized carbons (Fsp3) is 0.0476. The summed E-state index contributed by atoms with van der Waals surface area (Å²) in [5.41, 5.74) is 11.8. The molecular formula is C21H15N3O. The highest BCUT2D eigenvalue weighted by molar-refractivity contribution is 6.07. The van der Waals surface area contributed by atoms with Gasteiger partial charge in [-0.2, -0.15) is 9.78 Å². The van der Waals surface area contributed by atoms with Gasteiger partial charge in [-0.25, -0.2) is 0 Å². The first kappa shape index (κ1) is 14.1. The Balaban J connectivity index is 1.74. The largest absolute Gasteiger partial charge is 0.320 e. The summed E-state index contributed by atoms with van der Waals surface area (Å²) in [5.74, 6) is -0.137. The van der Waals surface area contributed by atoms with E-state index in [1.165, 1.54) is 4.68 Å². The summed E-state index contributed by atoms with van der Waals surface area (Å²) in [7, 11) is 0. The Morgan fingerprint density at radius 1 is 0.920 bits per heavy atom. The van der Waals surface area contributed by atoms with Crippen molar-refractivity contribution in [3.8, 4) is 11.1 Å². The summed E-state index contributed by atoms with van der Waals surface area (Å²) in [6, 6.07) is 21.3. The van der Waals surface area contributed by atoms with E-state index >= 15 is 0 Å². The minimum Gasteiger partial charge on any atom is -0.320 e. The van der Waals surface area contributed by atoms with Crippen LogP contribution in [-0.4, -0.2) is 15.7 Å². The van der Waals surface area contributed by atoms with Crippen LogP contribution in [0.25, 0.3) is 22.0 Å². The van der Waals surface area contributed by atoms with E-state index in [0.29, 0.717) is 5.56 Å². The van der Waals surface area contributed by atoms with Gasteiger partial charge in [0.2, 0.25) is 0 Å². The third kappa shape index (κ3) is 1.92. The van der Waals surface area contributed by atoms with Gasteiger partial charge in [0, 0.05) is 10.9 Å². The highest BCUT2D eigenvalue weighted by Crippen LogP contribution is 2.44. The number of hydrogen-bond donors (Lipinski definition) is 1. The maximum absolute atomic E-state index is 13.3. The Morgan fingerprint density at radius 2 is 1.68 bits per heavy atom. The molecule has 0 spiro atoms. The third-order valence-electron chi connectivity index (χ3n) is 4.90. The first-order valence-corrected chi connectivity index (χ1v) is 8.21. The van der Waals surface area contributed by atoms with Crippen LogP contribution in [0.2, 0.25) is 0 Å². The quantitative estimate of drug-likeness (QED) is 0.580. The van der Waals surface area contributed by atoms with Crippen LogP contribution in [0.4, 0.5) is 0 Å². The lowest BCUT2D eigenvalue weighted by atomic mass is 9.98. The van der Waals surface area contributed by atoms with Gasteiger partial charge in [-0.05, 0) is 34.4 Å². The molecule has 1 aliphatic rings. The van der Waals surface area contributed by atoms with Crippen molar-refractivity contribution in [3.63, 3.8) is 0 Å². The van der Waals surface area contributed by atoms with Crippen LogP contribution in [0.15, 0.2) is 72.9 Å². The number of fused-ring (bicyclic) bond motifs is 4. The maximum atomic E-state index is 13.3. The van der Waals surface area contributed by atoms with Crippen molar-refractivity contribution in [2.75, 3.05) is 0 Å². The summed E-state index contributed by atoms with van der Waals surface area (Å²) >= 11 is 0. The predicted octanol–water partition coefficient (Wildman–Crippen LogP) is 3.75. The normalized spacial score (nSPS) is 15.2. The van der Waals surface area contributed by atoms with Gasteiger partial charge in [0.05, 0.1) is 17.8 Å². The van der Waals surface area contributed by atoms with E-state index in [9.17, 15) is 4.79 Å².